The molecule has 0 saturated heterocycles. The molecule has 6 N–H and O–H groups in total. The molecule has 2 saturated carbocycles. The minimum atomic E-state index is -1.39. The minimum Gasteiger partial charge on any atom is -1.00 e. The number of carboxylic acids is 1. The molecule has 6 heteroatoms. The van der Waals surface area contributed by atoms with Crippen molar-refractivity contribution >= 4 is 5.97 Å². The van der Waals surface area contributed by atoms with Crippen LogP contribution in [0.15, 0.2) is 0 Å². The van der Waals surface area contributed by atoms with Crippen LogP contribution in [0.5, 0.6) is 0 Å². The number of aliphatic hydroxyl groups is 2. The molecule has 5 atom stereocenters. The molecule has 0 spiro atoms. The SMILES string of the molecule is [Cl-].[NH3+][C@]1(C(=O)O)[C@H](O)[C@H]2C[C@@H](O)[C@@H]1C2. The number of quaternary nitrogens is 1. The van der Waals surface area contributed by atoms with Crippen molar-refractivity contribution in [3.05, 3.63) is 0 Å². The highest BCUT2D eigenvalue weighted by Crippen LogP contribution is 2.48. The van der Waals surface area contributed by atoms with Crippen molar-refractivity contribution in [2.24, 2.45) is 11.8 Å². The Morgan fingerprint density at radius 3 is 2.29 bits per heavy atom. The maximum Gasteiger partial charge on any atom is 0.368 e. The number of hydrogen-bond donors (Lipinski definition) is 4. The van der Waals surface area contributed by atoms with Gasteiger partial charge in [-0.1, -0.05) is 0 Å². The van der Waals surface area contributed by atoms with E-state index in [9.17, 15) is 15.0 Å². The van der Waals surface area contributed by atoms with Crippen LogP contribution in [0.2, 0.25) is 0 Å². The van der Waals surface area contributed by atoms with E-state index in [1.807, 2.05) is 0 Å². The average Bonchev–Trinajstić information content (AvgIpc) is 2.52. The molecule has 2 aliphatic rings. The van der Waals surface area contributed by atoms with E-state index < -0.39 is 23.7 Å². The maximum atomic E-state index is 10.9. The molecule has 0 aliphatic heterocycles. The summed E-state index contributed by atoms with van der Waals surface area (Å²) in [6.45, 7) is 0. The Kier molecular flexibility index (Phi) is 2.80. The van der Waals surface area contributed by atoms with Crippen molar-refractivity contribution in [2.45, 2.75) is 30.6 Å². The summed E-state index contributed by atoms with van der Waals surface area (Å²) in [5, 5.41) is 28.1. The Hall–Kier alpha value is -0.360. The summed E-state index contributed by atoms with van der Waals surface area (Å²) in [6, 6.07) is 0. The summed E-state index contributed by atoms with van der Waals surface area (Å²) in [5.41, 5.74) is 2.19. The van der Waals surface area contributed by atoms with E-state index in [0.717, 1.165) is 0 Å². The molecule has 2 rings (SSSR count). The molecule has 0 aromatic rings. The predicted molar refractivity (Wildman–Crippen MR) is 41.5 cm³/mol. The number of halogens is 1. The third-order valence-corrected chi connectivity index (χ3v) is 3.60. The largest absolute Gasteiger partial charge is 1.00 e. The maximum absolute atomic E-state index is 10.9. The number of carboxylic acid groups (broad SMARTS) is 1. The Morgan fingerprint density at radius 1 is 1.36 bits per heavy atom. The Morgan fingerprint density at radius 2 is 1.93 bits per heavy atom. The molecule has 0 radical (unpaired) electrons. The van der Waals surface area contributed by atoms with Gasteiger partial charge in [-0.25, -0.2) is 4.79 Å². The van der Waals surface area contributed by atoms with Crippen molar-refractivity contribution in [1.82, 2.24) is 0 Å². The highest BCUT2D eigenvalue weighted by molar-refractivity contribution is 5.79. The topological polar surface area (TPSA) is 105 Å². The lowest BCUT2D eigenvalue weighted by Crippen LogP contribution is -3.00. The number of fused-ring (bicyclic) bond motifs is 2. The first-order valence-electron chi connectivity index (χ1n) is 4.42. The number of rotatable bonds is 1. The van der Waals surface area contributed by atoms with Gasteiger partial charge < -0.3 is 33.5 Å². The van der Waals surface area contributed by atoms with Crippen LogP contribution in [0, 0.1) is 11.8 Å². The fourth-order valence-electron chi connectivity index (χ4n) is 2.79. The molecule has 5 nitrogen and oxygen atoms in total. The van der Waals surface area contributed by atoms with Gasteiger partial charge >= 0.3 is 5.97 Å². The van der Waals surface area contributed by atoms with Gasteiger partial charge in [-0.05, 0) is 18.8 Å². The van der Waals surface area contributed by atoms with Gasteiger partial charge in [-0.15, -0.1) is 0 Å². The molecule has 0 amide bonds. The summed E-state index contributed by atoms with van der Waals surface area (Å²) in [7, 11) is 0. The summed E-state index contributed by atoms with van der Waals surface area (Å²) in [5.74, 6) is -1.58. The summed E-state index contributed by atoms with van der Waals surface area (Å²) < 4.78 is 0. The van der Waals surface area contributed by atoms with Crippen molar-refractivity contribution < 1.29 is 38.3 Å². The first-order chi connectivity index (χ1) is 5.98. The second kappa shape index (κ2) is 3.34. The van der Waals surface area contributed by atoms with E-state index >= 15 is 0 Å². The highest BCUT2D eigenvalue weighted by Gasteiger charge is 2.67. The molecule has 0 heterocycles. The first-order valence-corrected chi connectivity index (χ1v) is 4.42. The number of hydrogen-bond acceptors (Lipinski definition) is 3. The van der Waals surface area contributed by atoms with Gasteiger partial charge in [0.05, 0.1) is 12.0 Å². The van der Waals surface area contributed by atoms with Crippen LogP contribution < -0.4 is 18.1 Å². The lowest BCUT2D eigenvalue weighted by Gasteiger charge is -2.33. The van der Waals surface area contributed by atoms with Gasteiger partial charge in [0.2, 0.25) is 5.54 Å². The third-order valence-electron chi connectivity index (χ3n) is 3.60. The fraction of sp³-hybridized carbons (Fsp3) is 0.875. The minimum absolute atomic E-state index is 0. The van der Waals surface area contributed by atoms with Gasteiger partial charge in [-0.3, -0.25) is 0 Å². The Balaban J connectivity index is 0.000000980. The first kappa shape index (κ1) is 11.7. The van der Waals surface area contributed by atoms with Crippen LogP contribution in [0.4, 0.5) is 0 Å². The zero-order valence-corrected chi connectivity index (χ0v) is 8.31. The molecule has 2 bridgehead atoms. The van der Waals surface area contributed by atoms with E-state index in [2.05, 4.69) is 5.73 Å². The zero-order chi connectivity index (χ0) is 9.80. The normalized spacial score (nSPS) is 50.2. The third kappa shape index (κ3) is 1.16. The van der Waals surface area contributed by atoms with E-state index in [1.54, 1.807) is 0 Å². The van der Waals surface area contributed by atoms with Crippen molar-refractivity contribution in [3.8, 4) is 0 Å². The standard InChI is InChI=1S/C8H13NO4.ClH/c9-8(7(12)13)4-1-3(6(8)11)2-5(4)10;/h3-6,10-11H,1-2,9H2,(H,12,13);1H/t3-,4+,5-,6-,8+;/m1./s1. The lowest BCUT2D eigenvalue weighted by atomic mass is 9.78. The van der Waals surface area contributed by atoms with Gasteiger partial charge in [0.1, 0.15) is 6.10 Å². The Bertz CT molecular complexity index is 262. The second-order valence-electron chi connectivity index (χ2n) is 4.20. The fourth-order valence-corrected chi connectivity index (χ4v) is 2.79. The summed E-state index contributed by atoms with van der Waals surface area (Å²) >= 11 is 0. The van der Waals surface area contributed by atoms with E-state index in [-0.39, 0.29) is 24.2 Å². The van der Waals surface area contributed by atoms with Crippen molar-refractivity contribution in [1.29, 1.82) is 0 Å². The van der Waals surface area contributed by atoms with Crippen LogP contribution >= 0.6 is 0 Å². The molecule has 2 aliphatic carbocycles. The summed E-state index contributed by atoms with van der Waals surface area (Å²) in [4.78, 5) is 10.9. The van der Waals surface area contributed by atoms with E-state index in [0.29, 0.717) is 12.8 Å². The molecular formula is C8H14ClNO4. The smallest absolute Gasteiger partial charge is 0.368 e. The molecule has 0 unspecified atom stereocenters. The van der Waals surface area contributed by atoms with E-state index in [1.165, 1.54) is 0 Å². The molecular weight excluding hydrogens is 210 g/mol. The van der Waals surface area contributed by atoms with Crippen LogP contribution in [0.1, 0.15) is 12.8 Å². The molecule has 0 aromatic heterocycles. The predicted octanol–water partition coefficient (Wildman–Crippen LogP) is -5.18. The van der Waals surface area contributed by atoms with Gasteiger partial charge in [0.15, 0.2) is 0 Å². The molecule has 14 heavy (non-hydrogen) atoms. The van der Waals surface area contributed by atoms with E-state index in [4.69, 9.17) is 5.11 Å². The van der Waals surface area contributed by atoms with Crippen LogP contribution in [-0.2, 0) is 4.79 Å². The number of aliphatic carboxylic acids is 1. The second-order valence-corrected chi connectivity index (χ2v) is 4.20. The van der Waals surface area contributed by atoms with Crippen LogP contribution in [0.25, 0.3) is 0 Å². The Labute approximate surface area is 87.3 Å². The number of carbonyl (C=O) groups is 1. The summed E-state index contributed by atoms with van der Waals surface area (Å²) in [6.07, 6.45) is -0.422. The molecule has 2 fully saturated rings. The lowest BCUT2D eigenvalue weighted by molar-refractivity contribution is -0.494. The number of aliphatic hydroxyl groups excluding tert-OH is 2. The van der Waals surface area contributed by atoms with Gasteiger partial charge in [0, 0.05) is 0 Å². The highest BCUT2D eigenvalue weighted by atomic mass is 35.5. The molecule has 82 valence electrons. The van der Waals surface area contributed by atoms with Crippen molar-refractivity contribution in [3.63, 3.8) is 0 Å². The molecule has 0 aromatic carbocycles. The van der Waals surface area contributed by atoms with Gasteiger partial charge in [0.25, 0.3) is 0 Å². The van der Waals surface area contributed by atoms with Gasteiger partial charge in [-0.2, -0.15) is 0 Å². The van der Waals surface area contributed by atoms with Crippen LogP contribution in [0.3, 0.4) is 0 Å². The zero-order valence-electron chi connectivity index (χ0n) is 7.56. The van der Waals surface area contributed by atoms with Crippen molar-refractivity contribution in [2.75, 3.05) is 0 Å². The average molecular weight is 224 g/mol. The van der Waals surface area contributed by atoms with Crippen LogP contribution in [-0.4, -0.2) is 39.0 Å². The quantitative estimate of drug-likeness (QED) is 0.357. The monoisotopic (exact) mass is 223 g/mol.